The van der Waals surface area contributed by atoms with Gasteiger partial charge < -0.3 is 24.7 Å². The Morgan fingerprint density at radius 3 is 1.52 bits per heavy atom. The first-order valence-electron chi connectivity index (χ1n) is 19.7. The molecule has 4 aromatic carbocycles. The predicted molar refractivity (Wildman–Crippen MR) is 271 cm³/mol. The van der Waals surface area contributed by atoms with E-state index in [9.17, 15) is 10.1 Å². The number of hydrogen-bond donors (Lipinski definition) is 1. The van der Waals surface area contributed by atoms with E-state index < -0.39 is 4.92 Å². The van der Waals surface area contributed by atoms with Gasteiger partial charge in [0.1, 0.15) is 24.7 Å². The van der Waals surface area contributed by atoms with Crippen LogP contribution in [0.4, 0.5) is 11.4 Å². The average Bonchev–Trinajstić information content (AvgIpc) is 4.05. The van der Waals surface area contributed by atoms with Crippen LogP contribution in [-0.2, 0) is 14.4 Å². The van der Waals surface area contributed by atoms with Crippen LogP contribution in [0.1, 0.15) is 0 Å². The molecule has 2 aliphatic rings. The molecule has 14 nitrogen and oxygen atoms in total. The van der Waals surface area contributed by atoms with Crippen molar-refractivity contribution in [3.05, 3.63) is 107 Å². The van der Waals surface area contributed by atoms with Gasteiger partial charge in [-0.05, 0) is 60.7 Å². The molecule has 0 saturated carbocycles. The monoisotopic (exact) mass is 1250 g/mol. The fraction of sp³-hybridized carbons (Fsp3) is 0.286. The van der Waals surface area contributed by atoms with Crippen LogP contribution in [0.5, 0.6) is 11.5 Å². The Bertz CT molecular complexity index is 2730. The number of halogens is 3. The molecule has 2 N–H and O–H groups in total. The number of nitrogens with two attached hydrogens (primary N) is 1. The summed E-state index contributed by atoms with van der Waals surface area (Å²) in [4.78, 5) is 26.2. The molecule has 2 saturated heterocycles. The third kappa shape index (κ3) is 11.9. The number of ether oxygens (including phenoxy) is 4. The molecule has 324 valence electrons. The summed E-state index contributed by atoms with van der Waals surface area (Å²) in [7, 11) is 0. The molecule has 20 heteroatoms. The molecule has 0 bridgehead atoms. The van der Waals surface area contributed by atoms with Crippen LogP contribution in [0.15, 0.2) is 97.3 Å². The number of thiazole rings is 2. The van der Waals surface area contributed by atoms with Gasteiger partial charge in [0.25, 0.3) is 5.69 Å². The van der Waals surface area contributed by atoms with E-state index in [1.54, 1.807) is 34.8 Å². The average molecular weight is 1250 g/mol. The third-order valence-electron chi connectivity index (χ3n) is 10.3. The summed E-state index contributed by atoms with van der Waals surface area (Å²) in [5.74, 6) is 1.76. The number of anilines is 1. The molecular formula is C42H42I3N8O6S2V. The van der Waals surface area contributed by atoms with Crippen molar-refractivity contribution in [2.24, 2.45) is 0 Å². The molecule has 4 aromatic heterocycles. The van der Waals surface area contributed by atoms with Gasteiger partial charge in [0, 0.05) is 80.6 Å². The Hall–Kier alpha value is -2.85. The molecule has 8 aromatic rings. The van der Waals surface area contributed by atoms with Crippen LogP contribution in [-0.4, -0.2) is 112 Å². The molecule has 10 rings (SSSR count). The number of imidazole rings is 2. The van der Waals surface area contributed by atoms with E-state index in [0.717, 1.165) is 131 Å². The Kier molecular flexibility index (Phi) is 16.1. The summed E-state index contributed by atoms with van der Waals surface area (Å²) in [5, 5.41) is 10.8. The first kappa shape index (κ1) is 45.7. The number of nitro groups is 1. The molecular weight excluding hydrogens is 1210 g/mol. The summed E-state index contributed by atoms with van der Waals surface area (Å²) in [6.45, 7) is 10.3. The van der Waals surface area contributed by atoms with E-state index in [2.05, 4.69) is 98.5 Å². The summed E-state index contributed by atoms with van der Waals surface area (Å²) in [6.07, 6.45) is 4.05. The number of benzene rings is 4. The van der Waals surface area contributed by atoms with Crippen LogP contribution in [0.2, 0.25) is 0 Å². The minimum absolute atomic E-state index is 0.0753. The van der Waals surface area contributed by atoms with Crippen LogP contribution in [0.25, 0.3) is 52.9 Å². The van der Waals surface area contributed by atoms with Gasteiger partial charge in [0.05, 0.1) is 63.2 Å². The maximum absolute atomic E-state index is 10.8. The SMILES string of the molecule is Nc1ccc(-c2cn3c(n2)sc2cc(OCCN4CCOCC4)ccc23)cc1.O=[N+]([O-])c1ccc(-c2cn3c(n2)sc2cc(OCCN4CCOCC4)ccc23)cc1.[I][V]([I])[I]. The van der Waals surface area contributed by atoms with Crippen LogP contribution < -0.4 is 15.2 Å². The van der Waals surface area contributed by atoms with E-state index >= 15 is 0 Å². The van der Waals surface area contributed by atoms with Crippen molar-refractivity contribution in [1.29, 1.82) is 0 Å². The first-order chi connectivity index (χ1) is 30.2. The van der Waals surface area contributed by atoms with E-state index in [1.165, 1.54) is 16.8 Å². The number of nitrogens with zero attached hydrogens (tertiary/aromatic N) is 7. The number of hydrogen-bond acceptors (Lipinski definition) is 13. The van der Waals surface area contributed by atoms with Gasteiger partial charge in [-0.1, -0.05) is 34.8 Å². The number of morpholine rings is 2. The molecule has 0 aliphatic carbocycles. The van der Waals surface area contributed by atoms with Gasteiger partial charge >= 0.3 is 64.9 Å². The van der Waals surface area contributed by atoms with Gasteiger partial charge in [0.15, 0.2) is 9.92 Å². The topological polar surface area (TPSA) is 147 Å². The maximum atomic E-state index is 10.8. The first-order valence-corrected chi connectivity index (χ1v) is 34.9. The second-order valence-corrected chi connectivity index (χ2v) is 51.6. The van der Waals surface area contributed by atoms with Gasteiger partial charge in [-0.25, -0.2) is 9.97 Å². The van der Waals surface area contributed by atoms with E-state index in [0.29, 0.717) is 13.2 Å². The molecule has 0 amide bonds. The number of rotatable bonds is 11. The second kappa shape index (κ2) is 21.9. The zero-order chi connectivity index (χ0) is 43.0. The summed E-state index contributed by atoms with van der Waals surface area (Å²) in [6, 6.07) is 26.6. The molecule has 0 radical (unpaired) electrons. The minimum atomic E-state index is -0.399. The number of nitrogen functional groups attached to an aromatic ring is 1. The standard InChI is InChI=1S/C21H20N4O4S.C21H22N4O2S.3HI.V/c26-25(27)16-3-1-15(2-4-16)18-14-24-19-6-5-17(13-20(19)30-21(24)22-18)29-12-9-23-7-10-28-11-8-23;22-16-3-1-15(2-4-16)18-14-25-19-6-5-17(13-20(19)28-21(25)23-18)27-12-9-24-7-10-26-11-8-24;;;;/h1-6,13-14H,7-12H2;1-6,13-14H,7-12,22H2;3*1H;/q;;;;;+3/p-3. The third-order valence-corrected chi connectivity index (χ3v) is 12.3. The Labute approximate surface area is 403 Å². The zero-order valence-corrected chi connectivity index (χ0v) is 42.8. The Morgan fingerprint density at radius 1 is 0.677 bits per heavy atom. The summed E-state index contributed by atoms with van der Waals surface area (Å²) in [5.41, 5.74) is 12.5. The zero-order valence-electron chi connectivity index (χ0n) is 33.3. The van der Waals surface area contributed by atoms with Gasteiger partial charge in [-0.15, -0.1) is 0 Å². The molecule has 0 spiro atoms. The van der Waals surface area contributed by atoms with Gasteiger partial charge in [0.2, 0.25) is 0 Å². The van der Waals surface area contributed by atoms with Gasteiger partial charge in [-0.2, -0.15) is 0 Å². The van der Waals surface area contributed by atoms with Crippen molar-refractivity contribution in [2.75, 3.05) is 84.6 Å². The Morgan fingerprint density at radius 2 is 1.10 bits per heavy atom. The Balaban J connectivity index is 0.000000158. The van der Waals surface area contributed by atoms with Crippen molar-refractivity contribution in [2.45, 2.75) is 0 Å². The molecule has 0 atom stereocenters. The van der Waals surface area contributed by atoms with E-state index in [4.69, 9.17) is 34.6 Å². The fourth-order valence-electron chi connectivity index (χ4n) is 7.06. The number of aromatic nitrogens is 4. The predicted octanol–water partition coefficient (Wildman–Crippen LogP) is 10.00. The number of nitro benzene ring substituents is 1. The number of fused-ring (bicyclic) bond motifs is 6. The molecule has 2 aliphatic heterocycles. The van der Waals surface area contributed by atoms with Crippen LogP contribution >= 0.6 is 82.6 Å². The molecule has 62 heavy (non-hydrogen) atoms. The van der Waals surface area contributed by atoms with Gasteiger partial charge in [-0.3, -0.25) is 28.7 Å². The van der Waals surface area contributed by atoms with Crippen molar-refractivity contribution >= 4 is 124 Å². The number of non-ortho nitro benzene ring substituents is 1. The van der Waals surface area contributed by atoms with Crippen LogP contribution in [0.3, 0.4) is 0 Å². The van der Waals surface area contributed by atoms with Crippen LogP contribution in [0, 0.1) is 10.1 Å². The van der Waals surface area contributed by atoms with E-state index in [-0.39, 0.29) is 10.6 Å². The molecule has 2 fully saturated rings. The molecule has 6 heterocycles. The van der Waals surface area contributed by atoms with Crippen molar-refractivity contribution < 1.29 is 28.8 Å². The van der Waals surface area contributed by atoms with Crippen molar-refractivity contribution in [1.82, 2.24) is 28.6 Å². The summed E-state index contributed by atoms with van der Waals surface area (Å²) < 4.78 is 29.2. The summed E-state index contributed by atoms with van der Waals surface area (Å²) >= 11 is 10.7. The quantitative estimate of drug-likeness (QED) is 0.0571. The second-order valence-electron chi connectivity index (χ2n) is 14.2. The van der Waals surface area contributed by atoms with Crippen molar-refractivity contribution in [3.8, 4) is 34.0 Å². The van der Waals surface area contributed by atoms with E-state index in [1.807, 2.05) is 53.1 Å². The fourth-order valence-corrected chi connectivity index (χ4v) is 9.14. The molecule has 0 unspecified atom stereocenters. The van der Waals surface area contributed by atoms with Crippen molar-refractivity contribution in [3.63, 3.8) is 0 Å². The normalized spacial score (nSPS) is 14.8.